The molecular weight excluding hydrogens is 387 g/mol. The number of nitrogens with zero attached hydrogens (tertiary/aromatic N) is 7. The number of nitriles is 1. The third-order valence-corrected chi connectivity index (χ3v) is 5.21. The zero-order valence-electron chi connectivity index (χ0n) is 15.7. The molecule has 5 heterocycles. The molecule has 30 heavy (non-hydrogen) atoms. The fourth-order valence-electron chi connectivity index (χ4n) is 3.83. The number of halogens is 1. The summed E-state index contributed by atoms with van der Waals surface area (Å²) >= 11 is 0. The van der Waals surface area contributed by atoms with Crippen LogP contribution in [0, 0.1) is 17.1 Å². The number of carbonyl (C=O) groups is 1. The highest BCUT2D eigenvalue weighted by Crippen LogP contribution is 2.40. The van der Waals surface area contributed by atoms with Gasteiger partial charge in [0.1, 0.15) is 6.07 Å². The molecule has 0 aromatic carbocycles. The molecule has 0 spiro atoms. The highest BCUT2D eigenvalue weighted by atomic mass is 19.1. The van der Waals surface area contributed by atoms with Gasteiger partial charge < -0.3 is 4.90 Å². The molecule has 2 amide bonds. The van der Waals surface area contributed by atoms with Gasteiger partial charge in [-0.15, -0.1) is 0 Å². The minimum atomic E-state index is -0.712. The first-order valence-electron chi connectivity index (χ1n) is 9.32. The lowest BCUT2D eigenvalue weighted by Crippen LogP contribution is -2.48. The molecule has 1 atom stereocenters. The quantitative estimate of drug-likeness (QED) is 0.701. The summed E-state index contributed by atoms with van der Waals surface area (Å²) in [6.07, 6.45) is 6.71. The molecule has 1 unspecified atom stereocenters. The van der Waals surface area contributed by atoms with Crippen LogP contribution in [0.15, 0.2) is 43.0 Å². The highest BCUT2D eigenvalue weighted by Gasteiger charge is 2.40. The van der Waals surface area contributed by atoms with E-state index in [2.05, 4.69) is 30.2 Å². The van der Waals surface area contributed by atoms with E-state index in [-0.39, 0.29) is 17.8 Å². The summed E-state index contributed by atoms with van der Waals surface area (Å²) in [5.41, 5.74) is 1.45. The number of aromatic nitrogens is 4. The molecule has 0 saturated carbocycles. The smallest absolute Gasteiger partial charge is 0.329 e. The van der Waals surface area contributed by atoms with Gasteiger partial charge in [0.2, 0.25) is 0 Å². The zero-order valence-corrected chi connectivity index (χ0v) is 15.7. The lowest BCUT2D eigenvalue weighted by Gasteiger charge is -2.35. The van der Waals surface area contributed by atoms with Crippen LogP contribution in [-0.2, 0) is 0 Å². The average Bonchev–Trinajstić information content (AvgIpc) is 3.18. The van der Waals surface area contributed by atoms with Crippen molar-refractivity contribution in [3.05, 3.63) is 54.5 Å². The summed E-state index contributed by atoms with van der Waals surface area (Å²) < 4.78 is 14.0. The Morgan fingerprint density at radius 3 is 2.93 bits per heavy atom. The van der Waals surface area contributed by atoms with Gasteiger partial charge in [-0.3, -0.25) is 15.2 Å². The van der Waals surface area contributed by atoms with Crippen LogP contribution in [0.2, 0.25) is 0 Å². The van der Waals surface area contributed by atoms with Gasteiger partial charge in [-0.2, -0.15) is 5.26 Å². The van der Waals surface area contributed by atoms with Crippen LogP contribution in [-0.4, -0.2) is 45.1 Å². The van der Waals surface area contributed by atoms with E-state index in [1.54, 1.807) is 17.0 Å². The molecule has 10 heteroatoms. The monoisotopic (exact) mass is 402 g/mol. The van der Waals surface area contributed by atoms with Gasteiger partial charge in [0.15, 0.2) is 23.1 Å². The van der Waals surface area contributed by atoms with Gasteiger partial charge in [-0.25, -0.2) is 24.1 Å². The Morgan fingerprint density at radius 2 is 2.17 bits per heavy atom. The molecule has 3 aromatic rings. The second kappa shape index (κ2) is 7.04. The van der Waals surface area contributed by atoms with Gasteiger partial charge in [0.05, 0.1) is 23.6 Å². The van der Waals surface area contributed by atoms with Crippen molar-refractivity contribution in [2.45, 2.75) is 12.5 Å². The van der Waals surface area contributed by atoms with Gasteiger partial charge in [0.25, 0.3) is 0 Å². The van der Waals surface area contributed by atoms with E-state index >= 15 is 0 Å². The molecule has 0 aliphatic carbocycles. The van der Waals surface area contributed by atoms with Crippen molar-refractivity contribution in [3.63, 3.8) is 0 Å². The molecular formula is C20H15FN8O. The molecule has 1 saturated heterocycles. The van der Waals surface area contributed by atoms with Crippen LogP contribution in [0.3, 0.4) is 0 Å². The van der Waals surface area contributed by atoms with E-state index < -0.39 is 5.82 Å². The lowest BCUT2D eigenvalue weighted by atomic mass is 10.1. The van der Waals surface area contributed by atoms with Crippen LogP contribution in [0.5, 0.6) is 0 Å². The molecule has 148 valence electrons. The third-order valence-electron chi connectivity index (χ3n) is 5.21. The standard InChI is InChI=1S/C20H15FN8O/c21-14-7-12(9-25-16(14)8-22)15-1-2-17-19(26-15)29(13-3-6-28(17)11-13)20(30)27-18-10-23-4-5-24-18/h1-2,4-5,7,9-10,13H,3,6,11H2,(H,24,27,30). The maximum absolute atomic E-state index is 14.0. The fourth-order valence-corrected chi connectivity index (χ4v) is 3.83. The maximum atomic E-state index is 14.0. The number of nitrogens with one attached hydrogen (secondary N) is 1. The second-order valence-electron chi connectivity index (χ2n) is 6.98. The van der Waals surface area contributed by atoms with Gasteiger partial charge in [0, 0.05) is 37.2 Å². The highest BCUT2D eigenvalue weighted by molar-refractivity contribution is 6.04. The predicted molar refractivity (Wildman–Crippen MR) is 106 cm³/mol. The Bertz CT molecular complexity index is 1180. The molecule has 9 nitrogen and oxygen atoms in total. The minimum Gasteiger partial charge on any atom is -0.366 e. The van der Waals surface area contributed by atoms with E-state index in [9.17, 15) is 9.18 Å². The average molecular weight is 402 g/mol. The Balaban J connectivity index is 1.54. The Kier molecular flexibility index (Phi) is 4.21. The Morgan fingerprint density at radius 1 is 1.27 bits per heavy atom. The molecule has 5 rings (SSSR count). The number of hydrogen-bond acceptors (Lipinski definition) is 7. The molecule has 2 bridgehead atoms. The van der Waals surface area contributed by atoms with Crippen LogP contribution in [0.25, 0.3) is 11.3 Å². The minimum absolute atomic E-state index is 0.0345. The molecule has 1 fully saturated rings. The van der Waals surface area contributed by atoms with Crippen molar-refractivity contribution >= 4 is 23.4 Å². The first-order valence-corrected chi connectivity index (χ1v) is 9.32. The van der Waals surface area contributed by atoms with Gasteiger partial charge in [-0.05, 0) is 24.6 Å². The SMILES string of the molecule is N#Cc1ncc(-c2ccc3c(n2)N(C(=O)Nc2cnccn2)C2CCN3C2)cc1F. The topological polar surface area (TPSA) is 111 Å². The molecule has 2 aliphatic heterocycles. The van der Waals surface area contributed by atoms with E-state index in [0.29, 0.717) is 22.9 Å². The van der Waals surface area contributed by atoms with E-state index in [4.69, 9.17) is 5.26 Å². The van der Waals surface area contributed by atoms with Crippen molar-refractivity contribution in [1.29, 1.82) is 5.26 Å². The third kappa shape index (κ3) is 2.97. The molecule has 3 aromatic heterocycles. The number of hydrogen-bond donors (Lipinski definition) is 1. The zero-order chi connectivity index (χ0) is 20.7. The number of urea groups is 1. The summed E-state index contributed by atoms with van der Waals surface area (Å²) in [5.74, 6) is 0.127. The largest absolute Gasteiger partial charge is 0.366 e. The Labute approximate surface area is 170 Å². The molecule has 2 aliphatic rings. The summed E-state index contributed by atoms with van der Waals surface area (Å²) in [6.45, 7) is 1.54. The van der Waals surface area contributed by atoms with E-state index in [1.165, 1.54) is 30.9 Å². The normalized spacial score (nSPS) is 16.7. The number of amides is 2. The van der Waals surface area contributed by atoms with Crippen molar-refractivity contribution in [2.24, 2.45) is 0 Å². The van der Waals surface area contributed by atoms with E-state index in [0.717, 1.165) is 25.2 Å². The summed E-state index contributed by atoms with van der Waals surface area (Å²) in [6, 6.07) is 6.18. The van der Waals surface area contributed by atoms with Crippen LogP contribution in [0.4, 0.5) is 26.5 Å². The lowest BCUT2D eigenvalue weighted by molar-refractivity contribution is 0.254. The van der Waals surface area contributed by atoms with Crippen LogP contribution in [0.1, 0.15) is 12.1 Å². The van der Waals surface area contributed by atoms with Crippen molar-refractivity contribution < 1.29 is 9.18 Å². The summed E-state index contributed by atoms with van der Waals surface area (Å²) in [4.78, 5) is 33.5. The number of carbonyl (C=O) groups excluding carboxylic acids is 1. The maximum Gasteiger partial charge on any atom is 0.329 e. The van der Waals surface area contributed by atoms with Gasteiger partial charge >= 0.3 is 6.03 Å². The number of anilines is 3. The first kappa shape index (κ1) is 17.9. The predicted octanol–water partition coefficient (Wildman–Crippen LogP) is 2.58. The van der Waals surface area contributed by atoms with Crippen molar-refractivity contribution in [3.8, 4) is 17.3 Å². The first-order chi connectivity index (χ1) is 14.6. The number of fused-ring (bicyclic) bond motifs is 4. The number of pyridine rings is 2. The molecule has 0 radical (unpaired) electrons. The van der Waals surface area contributed by atoms with Crippen LogP contribution < -0.4 is 15.1 Å². The van der Waals surface area contributed by atoms with Crippen molar-refractivity contribution in [1.82, 2.24) is 19.9 Å². The Hall–Kier alpha value is -4.13. The fraction of sp³-hybridized carbons (Fsp3) is 0.200. The second-order valence-corrected chi connectivity index (χ2v) is 6.98. The molecule has 1 N–H and O–H groups in total. The summed E-state index contributed by atoms with van der Waals surface area (Å²) in [7, 11) is 0. The van der Waals surface area contributed by atoms with E-state index in [1.807, 2.05) is 6.07 Å². The van der Waals surface area contributed by atoms with Crippen LogP contribution >= 0.6 is 0 Å². The van der Waals surface area contributed by atoms with Gasteiger partial charge in [-0.1, -0.05) is 0 Å². The number of rotatable bonds is 2. The summed E-state index contributed by atoms with van der Waals surface area (Å²) in [5, 5.41) is 11.7. The van der Waals surface area contributed by atoms with Crippen molar-refractivity contribution in [2.75, 3.05) is 28.2 Å².